The molecular weight excluding hydrogens is 319 g/mol. The lowest BCUT2D eigenvalue weighted by Gasteiger charge is -2.03. The molecule has 8 heteroatoms. The van der Waals surface area contributed by atoms with Gasteiger partial charge in [-0.25, -0.2) is 9.49 Å². The van der Waals surface area contributed by atoms with E-state index in [1.807, 2.05) is 11.4 Å². The number of Topliss-reactive ketones (excluding diaryl/α,β-unsaturated/α-hetero) is 2. The third kappa shape index (κ3) is 3.54. The SMILES string of the molecule is O=C(Cc1sccc1Cc1ccc(F)cc1)C(=O)c1nnn[nH]1. The first-order valence-corrected chi connectivity index (χ1v) is 7.62. The second kappa shape index (κ2) is 6.57. The number of hydrogen-bond donors (Lipinski definition) is 1. The van der Waals surface area contributed by atoms with E-state index in [1.54, 1.807) is 12.1 Å². The Morgan fingerprint density at radius 3 is 2.65 bits per heavy atom. The lowest BCUT2D eigenvalue weighted by atomic mass is 10.0. The van der Waals surface area contributed by atoms with E-state index in [2.05, 4.69) is 20.6 Å². The number of carbonyl (C=O) groups is 2. The minimum atomic E-state index is -0.740. The number of hydrogen-bond acceptors (Lipinski definition) is 6. The first-order valence-electron chi connectivity index (χ1n) is 6.74. The smallest absolute Gasteiger partial charge is 0.267 e. The van der Waals surface area contributed by atoms with Gasteiger partial charge in [0.15, 0.2) is 0 Å². The number of thiophene rings is 1. The van der Waals surface area contributed by atoms with Crippen LogP contribution in [0, 0.1) is 5.82 Å². The zero-order valence-electron chi connectivity index (χ0n) is 11.8. The molecule has 0 radical (unpaired) electrons. The van der Waals surface area contributed by atoms with Crippen molar-refractivity contribution in [2.75, 3.05) is 0 Å². The van der Waals surface area contributed by atoms with Crippen LogP contribution in [0.1, 0.15) is 26.6 Å². The minimum absolute atomic E-state index is 0.00622. The lowest BCUT2D eigenvalue weighted by Crippen LogP contribution is -2.18. The summed E-state index contributed by atoms with van der Waals surface area (Å²) in [6, 6.07) is 8.09. The van der Waals surface area contributed by atoms with Crippen molar-refractivity contribution in [3.05, 3.63) is 63.4 Å². The first-order chi connectivity index (χ1) is 11.1. The van der Waals surface area contributed by atoms with Gasteiger partial charge in [-0.15, -0.1) is 16.4 Å². The first kappa shape index (κ1) is 15.2. The molecule has 0 aliphatic rings. The van der Waals surface area contributed by atoms with Gasteiger partial charge < -0.3 is 0 Å². The van der Waals surface area contributed by atoms with Crippen molar-refractivity contribution in [1.29, 1.82) is 0 Å². The highest BCUT2D eigenvalue weighted by Crippen LogP contribution is 2.21. The van der Waals surface area contributed by atoms with E-state index in [9.17, 15) is 14.0 Å². The minimum Gasteiger partial charge on any atom is -0.290 e. The van der Waals surface area contributed by atoms with Crippen molar-refractivity contribution in [3.63, 3.8) is 0 Å². The number of rotatable bonds is 6. The fourth-order valence-electron chi connectivity index (χ4n) is 2.12. The number of aromatic nitrogens is 4. The largest absolute Gasteiger partial charge is 0.290 e. The van der Waals surface area contributed by atoms with Crippen molar-refractivity contribution in [2.24, 2.45) is 0 Å². The van der Waals surface area contributed by atoms with Crippen LogP contribution in [-0.4, -0.2) is 32.2 Å². The molecule has 6 nitrogen and oxygen atoms in total. The van der Waals surface area contributed by atoms with Crippen LogP contribution in [0.4, 0.5) is 4.39 Å². The summed E-state index contributed by atoms with van der Waals surface area (Å²) in [4.78, 5) is 24.7. The summed E-state index contributed by atoms with van der Waals surface area (Å²) in [5.41, 5.74) is 1.88. The number of aromatic amines is 1. The maximum atomic E-state index is 12.9. The Kier molecular flexibility index (Phi) is 4.33. The van der Waals surface area contributed by atoms with Gasteiger partial charge in [0.05, 0.1) is 0 Å². The van der Waals surface area contributed by atoms with Crippen LogP contribution in [-0.2, 0) is 17.6 Å². The van der Waals surface area contributed by atoms with Gasteiger partial charge >= 0.3 is 0 Å². The summed E-state index contributed by atoms with van der Waals surface area (Å²) < 4.78 is 12.9. The predicted molar refractivity (Wildman–Crippen MR) is 80.7 cm³/mol. The third-order valence-corrected chi connectivity index (χ3v) is 4.24. The Bertz CT molecular complexity index is 828. The molecule has 1 aromatic carbocycles. The molecule has 0 unspecified atom stereocenters. The van der Waals surface area contributed by atoms with E-state index in [0.29, 0.717) is 6.42 Å². The quantitative estimate of drug-likeness (QED) is 0.551. The Hall–Kier alpha value is -2.74. The summed E-state index contributed by atoms with van der Waals surface area (Å²) in [6.45, 7) is 0. The van der Waals surface area contributed by atoms with Gasteiger partial charge in [-0.05, 0) is 51.6 Å². The molecule has 2 heterocycles. The molecule has 0 saturated carbocycles. The number of nitrogens with one attached hydrogen (secondary N) is 1. The normalized spacial score (nSPS) is 10.7. The van der Waals surface area contributed by atoms with Crippen LogP contribution in [0.15, 0.2) is 35.7 Å². The number of ketones is 2. The Balaban J connectivity index is 1.72. The average molecular weight is 330 g/mol. The Labute approximate surface area is 134 Å². The molecule has 1 N–H and O–H groups in total. The highest BCUT2D eigenvalue weighted by atomic mass is 32.1. The van der Waals surface area contributed by atoms with Crippen LogP contribution >= 0.6 is 11.3 Å². The van der Waals surface area contributed by atoms with E-state index in [1.165, 1.54) is 23.5 Å². The van der Waals surface area contributed by atoms with E-state index < -0.39 is 11.6 Å². The molecule has 0 aliphatic carbocycles. The fraction of sp³-hybridized carbons (Fsp3) is 0.133. The molecule has 0 amide bonds. The highest BCUT2D eigenvalue weighted by molar-refractivity contribution is 7.10. The molecule has 23 heavy (non-hydrogen) atoms. The molecule has 2 aromatic heterocycles. The zero-order valence-corrected chi connectivity index (χ0v) is 12.6. The third-order valence-electron chi connectivity index (χ3n) is 3.28. The molecule has 0 aliphatic heterocycles. The number of tetrazole rings is 1. The molecule has 0 bridgehead atoms. The van der Waals surface area contributed by atoms with Crippen LogP contribution in [0.25, 0.3) is 0 Å². The molecule has 116 valence electrons. The zero-order chi connectivity index (χ0) is 16.2. The van der Waals surface area contributed by atoms with Gasteiger partial charge in [-0.1, -0.05) is 12.1 Å². The van der Waals surface area contributed by atoms with Gasteiger partial charge in [0.1, 0.15) is 5.82 Å². The number of H-pyrrole nitrogens is 1. The summed E-state index contributed by atoms with van der Waals surface area (Å²) >= 11 is 1.41. The van der Waals surface area contributed by atoms with Gasteiger partial charge in [0.25, 0.3) is 5.78 Å². The van der Waals surface area contributed by atoms with E-state index in [0.717, 1.165) is 16.0 Å². The van der Waals surface area contributed by atoms with Crippen LogP contribution < -0.4 is 0 Å². The average Bonchev–Trinajstić information content (AvgIpc) is 3.21. The topological polar surface area (TPSA) is 88.6 Å². The molecule has 0 atom stereocenters. The van der Waals surface area contributed by atoms with E-state index in [4.69, 9.17) is 0 Å². The van der Waals surface area contributed by atoms with Gasteiger partial charge in [0.2, 0.25) is 11.6 Å². The van der Waals surface area contributed by atoms with Gasteiger partial charge in [0, 0.05) is 11.3 Å². The summed E-state index contributed by atoms with van der Waals surface area (Å²) in [5.74, 6) is -1.77. The van der Waals surface area contributed by atoms with Crippen LogP contribution in [0.3, 0.4) is 0 Å². The summed E-state index contributed by atoms with van der Waals surface area (Å²) in [6.07, 6.45) is 0.568. The maximum absolute atomic E-state index is 12.9. The standard InChI is InChI=1S/C15H11FN4O2S/c16-11-3-1-9(2-4-11)7-10-5-6-23-13(10)8-12(21)14(22)15-17-19-20-18-15/h1-6H,7-8H2,(H,17,18,19,20). The summed E-state index contributed by atoms with van der Waals surface area (Å²) in [7, 11) is 0. The van der Waals surface area contributed by atoms with Gasteiger partial charge in [-0.3, -0.25) is 9.59 Å². The monoisotopic (exact) mass is 330 g/mol. The maximum Gasteiger partial charge on any atom is 0.267 e. The lowest BCUT2D eigenvalue weighted by molar-refractivity contribution is -0.114. The predicted octanol–water partition coefficient (Wildman–Crippen LogP) is 1.99. The molecular formula is C15H11FN4O2S. The van der Waals surface area contributed by atoms with Crippen molar-refractivity contribution >= 4 is 22.9 Å². The molecule has 3 rings (SSSR count). The molecule has 0 spiro atoms. The fourth-order valence-corrected chi connectivity index (χ4v) is 3.02. The number of carbonyl (C=O) groups excluding carboxylic acids is 2. The molecule has 0 fully saturated rings. The number of benzene rings is 1. The van der Waals surface area contributed by atoms with Crippen molar-refractivity contribution in [3.8, 4) is 0 Å². The van der Waals surface area contributed by atoms with Crippen LogP contribution in [0.5, 0.6) is 0 Å². The van der Waals surface area contributed by atoms with E-state index >= 15 is 0 Å². The van der Waals surface area contributed by atoms with E-state index in [-0.39, 0.29) is 18.1 Å². The van der Waals surface area contributed by atoms with Crippen molar-refractivity contribution in [2.45, 2.75) is 12.8 Å². The summed E-state index contributed by atoms with van der Waals surface area (Å²) in [5, 5.41) is 14.2. The van der Waals surface area contributed by atoms with Crippen molar-refractivity contribution in [1.82, 2.24) is 20.6 Å². The Morgan fingerprint density at radius 2 is 1.96 bits per heavy atom. The number of halogens is 1. The van der Waals surface area contributed by atoms with Gasteiger partial charge in [-0.2, -0.15) is 0 Å². The molecule has 0 saturated heterocycles. The number of nitrogens with zero attached hydrogens (tertiary/aromatic N) is 3. The second-order valence-electron chi connectivity index (χ2n) is 4.85. The Morgan fingerprint density at radius 1 is 1.17 bits per heavy atom. The highest BCUT2D eigenvalue weighted by Gasteiger charge is 2.21. The second-order valence-corrected chi connectivity index (χ2v) is 5.85. The molecule has 3 aromatic rings. The van der Waals surface area contributed by atoms with Crippen molar-refractivity contribution < 1.29 is 14.0 Å². The van der Waals surface area contributed by atoms with Crippen LogP contribution in [0.2, 0.25) is 0 Å².